The molecule has 5 nitrogen and oxygen atoms in total. The van der Waals surface area contributed by atoms with E-state index in [1.165, 1.54) is 0 Å². The van der Waals surface area contributed by atoms with Gasteiger partial charge in [-0.05, 0) is 61.2 Å². The van der Waals surface area contributed by atoms with Crippen LogP contribution < -0.4 is 5.32 Å². The molecule has 0 saturated carbocycles. The molecule has 1 unspecified atom stereocenters. The van der Waals surface area contributed by atoms with Crippen molar-refractivity contribution in [1.29, 1.82) is 0 Å². The second-order valence-electron chi connectivity index (χ2n) is 10.3. The first-order chi connectivity index (χ1) is 19.3. The molecule has 40 heavy (non-hydrogen) atoms. The van der Waals surface area contributed by atoms with Crippen LogP contribution >= 0.6 is 11.8 Å². The van der Waals surface area contributed by atoms with Gasteiger partial charge in [-0.25, -0.2) is 0 Å². The molecule has 9 heteroatoms. The first kappa shape index (κ1) is 28.2. The van der Waals surface area contributed by atoms with Crippen LogP contribution in [-0.4, -0.2) is 66.6 Å². The normalized spacial score (nSPS) is 17.2. The van der Waals surface area contributed by atoms with E-state index in [1.54, 1.807) is 23.9 Å². The Balaban J connectivity index is 1.19. The fourth-order valence-electron chi connectivity index (χ4n) is 5.49. The molecule has 0 bridgehead atoms. The van der Waals surface area contributed by atoms with E-state index in [2.05, 4.69) is 10.2 Å². The Morgan fingerprint density at radius 2 is 1.52 bits per heavy atom. The Hall–Kier alpha value is -3.30. The molecule has 3 aromatic rings. The number of rotatable bonds is 9. The van der Waals surface area contributed by atoms with E-state index in [0.717, 1.165) is 38.8 Å². The zero-order chi connectivity index (χ0) is 28.1. The van der Waals surface area contributed by atoms with Crippen LogP contribution in [0.4, 0.5) is 13.2 Å². The van der Waals surface area contributed by atoms with E-state index in [4.69, 9.17) is 0 Å². The zero-order valence-corrected chi connectivity index (χ0v) is 22.9. The topological polar surface area (TPSA) is 52.7 Å². The lowest BCUT2D eigenvalue weighted by Crippen LogP contribution is -2.43. The summed E-state index contributed by atoms with van der Waals surface area (Å²) in [4.78, 5) is 31.2. The van der Waals surface area contributed by atoms with Crippen LogP contribution in [0, 0.1) is 0 Å². The van der Waals surface area contributed by atoms with Crippen LogP contribution in [0.25, 0.3) is 0 Å². The zero-order valence-electron chi connectivity index (χ0n) is 22.1. The van der Waals surface area contributed by atoms with Crippen LogP contribution in [0.15, 0.2) is 88.7 Å². The van der Waals surface area contributed by atoms with Crippen molar-refractivity contribution in [3.8, 4) is 0 Å². The molecule has 0 aliphatic carbocycles. The van der Waals surface area contributed by atoms with E-state index in [-0.39, 0.29) is 18.5 Å². The largest absolute Gasteiger partial charge is 0.406 e. The Kier molecular flexibility index (Phi) is 8.81. The maximum atomic E-state index is 13.8. The molecule has 5 rings (SSSR count). The SMILES string of the molecule is O=C(NC1CCN(CCCCN(CC(F)(F)F)C(=O)C2c3ccccc3Sc3ccccc32)C1)c1ccccc1. The van der Waals surface area contributed by atoms with Gasteiger partial charge in [-0.15, -0.1) is 0 Å². The van der Waals surface area contributed by atoms with E-state index in [0.29, 0.717) is 31.5 Å². The number of nitrogens with zero attached hydrogens (tertiary/aromatic N) is 2. The van der Waals surface area contributed by atoms with Crippen LogP contribution in [0.1, 0.15) is 46.7 Å². The number of carbonyl (C=O) groups excluding carboxylic acids is 2. The van der Waals surface area contributed by atoms with Gasteiger partial charge in [0.1, 0.15) is 6.54 Å². The fraction of sp³-hybridized carbons (Fsp3) is 0.355. The van der Waals surface area contributed by atoms with Gasteiger partial charge < -0.3 is 15.1 Å². The molecule has 2 heterocycles. The summed E-state index contributed by atoms with van der Waals surface area (Å²) in [5, 5.41) is 3.07. The predicted octanol–water partition coefficient (Wildman–Crippen LogP) is 5.96. The standard InChI is InChI=1S/C31H32F3N3O2S/c32-31(33,34)21-37(30(39)28-24-12-4-6-14-26(24)40-27-15-7-5-13-25(27)28)18-9-8-17-36-19-16-23(20-36)35-29(38)22-10-2-1-3-11-22/h1-7,10-15,23,28H,8-9,16-21H2,(H,35,38). The molecular weight excluding hydrogens is 535 g/mol. The quantitative estimate of drug-likeness (QED) is 0.325. The molecule has 2 aliphatic heterocycles. The number of hydrogen-bond acceptors (Lipinski definition) is 4. The van der Waals surface area contributed by atoms with E-state index in [9.17, 15) is 22.8 Å². The molecule has 1 fully saturated rings. The summed E-state index contributed by atoms with van der Waals surface area (Å²) >= 11 is 1.54. The van der Waals surface area contributed by atoms with E-state index < -0.39 is 24.5 Å². The predicted molar refractivity (Wildman–Crippen MR) is 149 cm³/mol. The summed E-state index contributed by atoms with van der Waals surface area (Å²) in [5.41, 5.74) is 2.13. The number of fused-ring (bicyclic) bond motifs is 2. The molecule has 0 aromatic heterocycles. The van der Waals surface area contributed by atoms with Gasteiger partial charge in [0.25, 0.3) is 5.91 Å². The Morgan fingerprint density at radius 3 is 2.17 bits per heavy atom. The third-order valence-electron chi connectivity index (χ3n) is 7.40. The summed E-state index contributed by atoms with van der Waals surface area (Å²) in [7, 11) is 0. The van der Waals surface area contributed by atoms with Gasteiger partial charge in [-0.1, -0.05) is 66.4 Å². The molecule has 2 aliphatic rings. The smallest absolute Gasteiger partial charge is 0.348 e. The van der Waals surface area contributed by atoms with Crippen molar-refractivity contribution in [3.63, 3.8) is 0 Å². The number of halogens is 3. The van der Waals surface area contributed by atoms with Crippen molar-refractivity contribution in [2.75, 3.05) is 32.7 Å². The highest BCUT2D eigenvalue weighted by Gasteiger charge is 2.39. The van der Waals surface area contributed by atoms with Crippen LogP contribution in [-0.2, 0) is 4.79 Å². The molecule has 2 amide bonds. The maximum Gasteiger partial charge on any atom is 0.406 e. The highest BCUT2D eigenvalue weighted by Crippen LogP contribution is 2.46. The van der Waals surface area contributed by atoms with Crippen molar-refractivity contribution < 1.29 is 22.8 Å². The number of nitrogens with one attached hydrogen (secondary N) is 1. The van der Waals surface area contributed by atoms with Crippen molar-refractivity contribution in [3.05, 3.63) is 95.6 Å². The summed E-state index contributed by atoms with van der Waals surface area (Å²) in [5.74, 6) is -1.37. The van der Waals surface area contributed by atoms with Gasteiger partial charge in [0.2, 0.25) is 5.91 Å². The fourth-order valence-corrected chi connectivity index (χ4v) is 6.63. The molecule has 1 N–H and O–H groups in total. The minimum Gasteiger partial charge on any atom is -0.348 e. The third-order valence-corrected chi connectivity index (χ3v) is 8.59. The number of unbranched alkanes of at least 4 members (excludes halogenated alkanes) is 1. The first-order valence-electron chi connectivity index (χ1n) is 13.6. The summed E-state index contributed by atoms with van der Waals surface area (Å²) < 4.78 is 40.8. The second-order valence-corrected chi connectivity index (χ2v) is 11.4. The summed E-state index contributed by atoms with van der Waals surface area (Å²) in [6.45, 7) is 0.998. The molecule has 210 valence electrons. The van der Waals surface area contributed by atoms with Gasteiger partial charge in [0.15, 0.2) is 0 Å². The van der Waals surface area contributed by atoms with Gasteiger partial charge in [0, 0.05) is 41.0 Å². The number of likely N-dealkylation sites (tertiary alicyclic amines) is 1. The van der Waals surface area contributed by atoms with Crippen molar-refractivity contribution in [2.24, 2.45) is 0 Å². The molecule has 1 saturated heterocycles. The number of benzene rings is 3. The molecular formula is C31H32F3N3O2S. The average Bonchev–Trinajstić information content (AvgIpc) is 3.39. The number of amides is 2. The van der Waals surface area contributed by atoms with Crippen LogP contribution in [0.3, 0.4) is 0 Å². The number of carbonyl (C=O) groups is 2. The van der Waals surface area contributed by atoms with Gasteiger partial charge in [-0.2, -0.15) is 13.2 Å². The van der Waals surface area contributed by atoms with Gasteiger partial charge in [0.05, 0.1) is 5.92 Å². The minimum absolute atomic E-state index is 0.0360. The lowest BCUT2D eigenvalue weighted by atomic mass is 9.89. The van der Waals surface area contributed by atoms with Crippen LogP contribution in [0.5, 0.6) is 0 Å². The highest BCUT2D eigenvalue weighted by molar-refractivity contribution is 7.99. The van der Waals surface area contributed by atoms with Gasteiger partial charge >= 0.3 is 6.18 Å². The molecule has 0 radical (unpaired) electrons. The Labute approximate surface area is 236 Å². The summed E-state index contributed by atoms with van der Waals surface area (Å²) in [6.07, 6.45) is -2.54. The van der Waals surface area contributed by atoms with Crippen molar-refractivity contribution in [1.82, 2.24) is 15.1 Å². The van der Waals surface area contributed by atoms with Gasteiger partial charge in [-0.3, -0.25) is 9.59 Å². The van der Waals surface area contributed by atoms with Crippen LogP contribution in [0.2, 0.25) is 0 Å². The first-order valence-corrected chi connectivity index (χ1v) is 14.4. The number of hydrogen-bond donors (Lipinski definition) is 1. The van der Waals surface area contributed by atoms with Crippen molar-refractivity contribution in [2.45, 2.75) is 47.2 Å². The Morgan fingerprint density at radius 1 is 0.900 bits per heavy atom. The molecule has 1 atom stereocenters. The number of alkyl halides is 3. The molecule has 0 spiro atoms. The lowest BCUT2D eigenvalue weighted by molar-refractivity contribution is -0.161. The average molecular weight is 568 g/mol. The maximum absolute atomic E-state index is 13.8. The summed E-state index contributed by atoms with van der Waals surface area (Å²) in [6, 6.07) is 24.0. The third kappa shape index (κ3) is 6.88. The Bertz CT molecular complexity index is 1290. The van der Waals surface area contributed by atoms with E-state index in [1.807, 2.05) is 66.7 Å². The second kappa shape index (κ2) is 12.5. The van der Waals surface area contributed by atoms with E-state index >= 15 is 0 Å². The lowest BCUT2D eigenvalue weighted by Gasteiger charge is -2.32. The monoisotopic (exact) mass is 567 g/mol. The molecule has 3 aromatic carbocycles. The highest BCUT2D eigenvalue weighted by atomic mass is 32.2. The van der Waals surface area contributed by atoms with Crippen molar-refractivity contribution >= 4 is 23.6 Å². The minimum atomic E-state index is -4.49.